The van der Waals surface area contributed by atoms with Crippen LogP contribution in [0.25, 0.3) is 17.3 Å². The van der Waals surface area contributed by atoms with Crippen molar-refractivity contribution in [3.8, 4) is 11.3 Å². The average molecular weight is 241 g/mol. The Balaban J connectivity index is 2.41. The van der Waals surface area contributed by atoms with Crippen LogP contribution in [-0.2, 0) is 4.79 Å². The van der Waals surface area contributed by atoms with Gasteiger partial charge in [-0.05, 0) is 31.2 Å². The maximum Gasteiger partial charge on any atom is 0.328 e. The summed E-state index contributed by atoms with van der Waals surface area (Å²) in [6.45, 7) is 1.84. The number of hydrogen-bond acceptors (Lipinski definition) is 4. The fourth-order valence-electron chi connectivity index (χ4n) is 1.48. The second-order valence-corrected chi connectivity index (χ2v) is 3.66. The Morgan fingerprint density at radius 3 is 2.67 bits per heavy atom. The minimum Gasteiger partial charge on any atom is -0.478 e. The third-order valence-electron chi connectivity index (χ3n) is 2.22. The predicted octanol–water partition coefficient (Wildman–Crippen LogP) is 1.94. The van der Waals surface area contributed by atoms with E-state index in [-0.39, 0.29) is 0 Å². The largest absolute Gasteiger partial charge is 0.478 e. The molecule has 0 atom stereocenters. The highest BCUT2D eigenvalue weighted by molar-refractivity contribution is 5.84. The first kappa shape index (κ1) is 11.9. The van der Waals surface area contributed by atoms with Gasteiger partial charge in [0.2, 0.25) is 0 Å². The molecule has 2 aromatic rings. The van der Waals surface area contributed by atoms with Crippen molar-refractivity contribution >= 4 is 12.0 Å². The van der Waals surface area contributed by atoms with Gasteiger partial charge in [-0.1, -0.05) is 0 Å². The highest BCUT2D eigenvalue weighted by Crippen LogP contribution is 2.16. The summed E-state index contributed by atoms with van der Waals surface area (Å²) in [4.78, 5) is 22.8. The Hall–Kier alpha value is -2.56. The van der Waals surface area contributed by atoms with Crippen molar-refractivity contribution in [2.24, 2.45) is 0 Å². The lowest BCUT2D eigenvalue weighted by molar-refractivity contribution is -0.131. The molecule has 0 aliphatic heterocycles. The van der Waals surface area contributed by atoms with E-state index in [1.807, 2.05) is 25.1 Å². The number of pyridine rings is 1. The van der Waals surface area contributed by atoms with E-state index in [0.717, 1.165) is 23.0 Å². The van der Waals surface area contributed by atoms with Crippen LogP contribution in [0.2, 0.25) is 0 Å². The molecule has 0 saturated heterocycles. The molecule has 5 nitrogen and oxygen atoms in total. The van der Waals surface area contributed by atoms with Gasteiger partial charge in [-0.3, -0.25) is 4.98 Å². The van der Waals surface area contributed by atoms with E-state index in [1.165, 1.54) is 6.08 Å². The van der Waals surface area contributed by atoms with E-state index in [4.69, 9.17) is 5.11 Å². The third-order valence-corrected chi connectivity index (χ3v) is 2.22. The molecule has 0 fully saturated rings. The van der Waals surface area contributed by atoms with E-state index < -0.39 is 5.97 Å². The summed E-state index contributed by atoms with van der Waals surface area (Å²) in [6.07, 6.45) is 5.75. The molecular formula is C13H11N3O2. The summed E-state index contributed by atoms with van der Waals surface area (Å²) in [5.41, 5.74) is 2.44. The first-order valence-corrected chi connectivity index (χ1v) is 5.32. The molecule has 0 aliphatic carbocycles. The maximum atomic E-state index is 10.5. The molecule has 0 saturated carbocycles. The highest BCUT2D eigenvalue weighted by Gasteiger charge is 2.02. The molecule has 0 unspecified atom stereocenters. The second kappa shape index (κ2) is 5.18. The minimum atomic E-state index is -1.02. The fraction of sp³-hybridized carbons (Fsp3) is 0.0769. The number of hydrogen-bond donors (Lipinski definition) is 1. The number of carboxylic acids is 1. The molecule has 1 N–H and O–H groups in total. The predicted molar refractivity (Wildman–Crippen MR) is 66.7 cm³/mol. The SMILES string of the molecule is Cc1cc(-c2ccncc2)nc(/C=C/C(=O)O)n1. The zero-order chi connectivity index (χ0) is 13.0. The standard InChI is InChI=1S/C13H11N3O2/c1-9-8-11(10-4-6-14-7-5-10)16-12(15-9)2-3-13(17)18/h2-8H,1H3,(H,17,18)/b3-2+. The maximum absolute atomic E-state index is 10.5. The average Bonchev–Trinajstić information content (AvgIpc) is 2.37. The molecule has 5 heteroatoms. The van der Waals surface area contributed by atoms with Gasteiger partial charge in [0, 0.05) is 29.7 Å². The molecule has 0 aliphatic rings. The Morgan fingerprint density at radius 2 is 2.00 bits per heavy atom. The van der Waals surface area contributed by atoms with Crippen LogP contribution in [0.3, 0.4) is 0 Å². The number of carboxylic acid groups (broad SMARTS) is 1. The molecule has 0 spiro atoms. The molecule has 18 heavy (non-hydrogen) atoms. The summed E-state index contributed by atoms with van der Waals surface area (Å²) < 4.78 is 0. The Kier molecular flexibility index (Phi) is 3.43. The van der Waals surface area contributed by atoms with E-state index in [9.17, 15) is 4.79 Å². The molecular weight excluding hydrogens is 230 g/mol. The number of nitrogens with zero attached hydrogens (tertiary/aromatic N) is 3. The molecule has 0 radical (unpaired) electrons. The second-order valence-electron chi connectivity index (χ2n) is 3.66. The molecule has 0 aromatic carbocycles. The molecule has 2 aromatic heterocycles. The van der Waals surface area contributed by atoms with Crippen molar-refractivity contribution in [1.29, 1.82) is 0 Å². The van der Waals surface area contributed by atoms with Gasteiger partial charge in [-0.15, -0.1) is 0 Å². The minimum absolute atomic E-state index is 0.379. The monoisotopic (exact) mass is 241 g/mol. The number of aromatic nitrogens is 3. The molecule has 0 bridgehead atoms. The lowest BCUT2D eigenvalue weighted by Crippen LogP contribution is -1.95. The number of carbonyl (C=O) groups is 1. The zero-order valence-electron chi connectivity index (χ0n) is 9.74. The topological polar surface area (TPSA) is 76.0 Å². The van der Waals surface area contributed by atoms with Crippen LogP contribution in [0.4, 0.5) is 0 Å². The van der Waals surface area contributed by atoms with Crippen LogP contribution in [0.15, 0.2) is 36.7 Å². The van der Waals surface area contributed by atoms with Crippen LogP contribution >= 0.6 is 0 Å². The summed E-state index contributed by atoms with van der Waals surface area (Å²) in [5, 5.41) is 8.58. The van der Waals surface area contributed by atoms with E-state index in [2.05, 4.69) is 15.0 Å². The van der Waals surface area contributed by atoms with Gasteiger partial charge in [0.05, 0.1) is 5.69 Å². The first-order chi connectivity index (χ1) is 8.65. The van der Waals surface area contributed by atoms with Crippen molar-refractivity contribution in [2.45, 2.75) is 6.92 Å². The van der Waals surface area contributed by atoms with E-state index >= 15 is 0 Å². The van der Waals surface area contributed by atoms with Crippen molar-refractivity contribution in [2.75, 3.05) is 0 Å². The van der Waals surface area contributed by atoms with Crippen molar-refractivity contribution in [3.05, 3.63) is 48.2 Å². The Morgan fingerprint density at radius 1 is 1.28 bits per heavy atom. The highest BCUT2D eigenvalue weighted by atomic mass is 16.4. The quantitative estimate of drug-likeness (QED) is 0.831. The van der Waals surface area contributed by atoms with Gasteiger partial charge >= 0.3 is 5.97 Å². The summed E-state index contributed by atoms with van der Waals surface area (Å²) in [7, 11) is 0. The molecule has 2 rings (SSSR count). The van der Waals surface area contributed by atoms with Crippen molar-refractivity contribution in [3.63, 3.8) is 0 Å². The zero-order valence-corrected chi connectivity index (χ0v) is 9.74. The molecule has 0 amide bonds. The third kappa shape index (κ3) is 2.98. The van der Waals surface area contributed by atoms with Gasteiger partial charge in [-0.25, -0.2) is 14.8 Å². The summed E-state index contributed by atoms with van der Waals surface area (Å²) in [5.74, 6) is -0.644. The number of rotatable bonds is 3. The molecule has 90 valence electrons. The summed E-state index contributed by atoms with van der Waals surface area (Å²) in [6, 6.07) is 5.52. The Bertz CT molecular complexity index is 594. The van der Waals surface area contributed by atoms with Gasteiger partial charge in [0.15, 0.2) is 5.82 Å². The lowest BCUT2D eigenvalue weighted by atomic mass is 10.2. The summed E-state index contributed by atoms with van der Waals surface area (Å²) >= 11 is 0. The number of aryl methyl sites for hydroxylation is 1. The van der Waals surface area contributed by atoms with E-state index in [0.29, 0.717) is 5.82 Å². The van der Waals surface area contributed by atoms with Crippen LogP contribution in [0, 0.1) is 6.92 Å². The van der Waals surface area contributed by atoms with Crippen molar-refractivity contribution in [1.82, 2.24) is 15.0 Å². The van der Waals surface area contributed by atoms with Crippen LogP contribution in [0.1, 0.15) is 11.5 Å². The van der Waals surface area contributed by atoms with Gasteiger partial charge in [-0.2, -0.15) is 0 Å². The van der Waals surface area contributed by atoms with Crippen LogP contribution < -0.4 is 0 Å². The Labute approximate surface area is 104 Å². The number of aliphatic carboxylic acids is 1. The normalized spacial score (nSPS) is 10.7. The van der Waals surface area contributed by atoms with Gasteiger partial charge in [0.25, 0.3) is 0 Å². The van der Waals surface area contributed by atoms with Crippen LogP contribution in [-0.4, -0.2) is 26.0 Å². The van der Waals surface area contributed by atoms with Crippen molar-refractivity contribution < 1.29 is 9.90 Å². The van der Waals surface area contributed by atoms with Gasteiger partial charge < -0.3 is 5.11 Å². The smallest absolute Gasteiger partial charge is 0.328 e. The fourth-order valence-corrected chi connectivity index (χ4v) is 1.48. The van der Waals surface area contributed by atoms with E-state index in [1.54, 1.807) is 12.4 Å². The molecule has 2 heterocycles. The lowest BCUT2D eigenvalue weighted by Gasteiger charge is -2.03. The first-order valence-electron chi connectivity index (χ1n) is 5.32. The van der Waals surface area contributed by atoms with Crippen LogP contribution in [0.5, 0.6) is 0 Å². The van der Waals surface area contributed by atoms with Gasteiger partial charge in [0.1, 0.15) is 0 Å².